The maximum absolute atomic E-state index is 13.0. The van der Waals surface area contributed by atoms with E-state index in [9.17, 15) is 13.9 Å². The van der Waals surface area contributed by atoms with Gasteiger partial charge >= 0.3 is 4.83 Å². The Labute approximate surface area is 88.9 Å². The molecule has 1 N–H and O–H groups in total. The van der Waals surface area contributed by atoms with Gasteiger partial charge in [0.25, 0.3) is 0 Å². The summed E-state index contributed by atoms with van der Waals surface area (Å²) in [6, 6.07) is 7.12. The molecule has 0 saturated heterocycles. The molecule has 0 atom stereocenters. The van der Waals surface area contributed by atoms with Gasteiger partial charge in [0.2, 0.25) is 0 Å². The topological polar surface area (TPSA) is 20.2 Å². The van der Waals surface area contributed by atoms with Gasteiger partial charge in [-0.25, -0.2) is 0 Å². The minimum absolute atomic E-state index is 0.00141. The molecule has 1 nitrogen and oxygen atoms in total. The Morgan fingerprint density at radius 2 is 1.64 bits per heavy atom. The molecular formula is C10H9BrF2O. The maximum Gasteiger partial charge on any atom is 0.330 e. The highest BCUT2D eigenvalue weighted by molar-refractivity contribution is 9.10. The number of benzene rings is 1. The van der Waals surface area contributed by atoms with E-state index in [0.717, 1.165) is 11.1 Å². The first-order valence-corrected chi connectivity index (χ1v) is 5.08. The predicted octanol–water partition coefficient (Wildman–Crippen LogP) is 2.50. The van der Waals surface area contributed by atoms with E-state index in [1.807, 2.05) is 0 Å². The first kappa shape index (κ1) is 10.1. The largest absolute Gasteiger partial charge is 0.382 e. The lowest BCUT2D eigenvalue weighted by Crippen LogP contribution is -2.44. The Morgan fingerprint density at radius 3 is 2.00 bits per heavy atom. The average Bonchev–Trinajstić information content (AvgIpc) is 2.40. The van der Waals surface area contributed by atoms with Crippen LogP contribution in [0.5, 0.6) is 0 Å². The molecule has 2 rings (SSSR count). The molecule has 0 bridgehead atoms. The van der Waals surface area contributed by atoms with E-state index in [1.165, 1.54) is 0 Å². The summed E-state index contributed by atoms with van der Waals surface area (Å²) >= 11 is 2.24. The molecule has 1 aromatic carbocycles. The molecule has 0 aromatic heterocycles. The molecule has 0 aliphatic heterocycles. The van der Waals surface area contributed by atoms with Crippen molar-refractivity contribution in [2.75, 3.05) is 0 Å². The third kappa shape index (κ3) is 1.46. The van der Waals surface area contributed by atoms with Crippen molar-refractivity contribution in [2.45, 2.75) is 23.3 Å². The van der Waals surface area contributed by atoms with Crippen molar-refractivity contribution in [3.8, 4) is 0 Å². The molecule has 0 amide bonds. The van der Waals surface area contributed by atoms with E-state index >= 15 is 0 Å². The number of halogens is 3. The smallest absolute Gasteiger partial charge is 0.330 e. The van der Waals surface area contributed by atoms with E-state index < -0.39 is 10.4 Å². The van der Waals surface area contributed by atoms with Crippen LogP contribution >= 0.6 is 15.9 Å². The summed E-state index contributed by atoms with van der Waals surface area (Å²) in [4.78, 5) is -3.24. The fourth-order valence-corrected chi connectivity index (χ4v) is 2.08. The molecule has 0 unspecified atom stereocenters. The molecule has 0 fully saturated rings. The van der Waals surface area contributed by atoms with Crippen molar-refractivity contribution in [2.24, 2.45) is 0 Å². The van der Waals surface area contributed by atoms with Crippen LogP contribution in [0.1, 0.15) is 11.1 Å². The Hall–Kier alpha value is -0.480. The Morgan fingerprint density at radius 1 is 1.21 bits per heavy atom. The molecule has 1 aliphatic rings. The normalized spacial score (nSPS) is 19.4. The SMILES string of the molecule is OC1(C(F)(F)Br)Cc2ccccc2C1. The highest BCUT2D eigenvalue weighted by Crippen LogP contribution is 2.44. The van der Waals surface area contributed by atoms with E-state index in [0.29, 0.717) is 0 Å². The number of hydrogen-bond donors (Lipinski definition) is 1. The number of rotatable bonds is 1. The zero-order valence-electron chi connectivity index (χ0n) is 7.30. The zero-order valence-corrected chi connectivity index (χ0v) is 8.89. The van der Waals surface area contributed by atoms with Crippen LogP contribution < -0.4 is 0 Å². The van der Waals surface area contributed by atoms with Gasteiger partial charge < -0.3 is 5.11 Å². The molecule has 0 heterocycles. The van der Waals surface area contributed by atoms with E-state index in [2.05, 4.69) is 15.9 Å². The van der Waals surface area contributed by atoms with Crippen LogP contribution in [0.2, 0.25) is 0 Å². The molecule has 1 aromatic rings. The Balaban J connectivity index is 2.35. The van der Waals surface area contributed by atoms with Crippen LogP contribution in [0.25, 0.3) is 0 Å². The number of alkyl halides is 3. The minimum Gasteiger partial charge on any atom is -0.382 e. The highest BCUT2D eigenvalue weighted by atomic mass is 79.9. The second-order valence-electron chi connectivity index (χ2n) is 3.65. The minimum atomic E-state index is -3.24. The third-order valence-corrected chi connectivity index (χ3v) is 3.35. The Kier molecular flexibility index (Phi) is 2.16. The maximum atomic E-state index is 13.0. The van der Waals surface area contributed by atoms with Crippen molar-refractivity contribution in [3.63, 3.8) is 0 Å². The van der Waals surface area contributed by atoms with E-state index in [1.54, 1.807) is 24.3 Å². The lowest BCUT2D eigenvalue weighted by molar-refractivity contribution is -0.108. The molecular weight excluding hydrogens is 254 g/mol. The average molecular weight is 263 g/mol. The van der Waals surface area contributed by atoms with E-state index in [-0.39, 0.29) is 12.8 Å². The quantitative estimate of drug-likeness (QED) is 0.772. The summed E-state index contributed by atoms with van der Waals surface area (Å²) < 4.78 is 26.1. The van der Waals surface area contributed by atoms with Crippen molar-refractivity contribution in [3.05, 3.63) is 35.4 Å². The van der Waals surface area contributed by atoms with Crippen molar-refractivity contribution in [1.29, 1.82) is 0 Å². The van der Waals surface area contributed by atoms with Crippen LogP contribution in [-0.4, -0.2) is 15.5 Å². The molecule has 0 radical (unpaired) electrons. The summed E-state index contributed by atoms with van der Waals surface area (Å²) in [6.45, 7) is 0. The summed E-state index contributed by atoms with van der Waals surface area (Å²) in [5.41, 5.74) is -0.375. The van der Waals surface area contributed by atoms with Crippen molar-refractivity contribution in [1.82, 2.24) is 0 Å². The molecule has 1 aliphatic carbocycles. The number of fused-ring (bicyclic) bond motifs is 1. The van der Waals surface area contributed by atoms with Gasteiger partial charge in [-0.15, -0.1) is 0 Å². The predicted molar refractivity (Wildman–Crippen MR) is 52.7 cm³/mol. The summed E-state index contributed by atoms with van der Waals surface area (Å²) in [6.07, 6.45) is 0.00282. The van der Waals surface area contributed by atoms with Gasteiger partial charge in [-0.3, -0.25) is 0 Å². The van der Waals surface area contributed by atoms with Crippen LogP contribution in [0, 0.1) is 0 Å². The van der Waals surface area contributed by atoms with Gasteiger partial charge in [0.05, 0.1) is 0 Å². The monoisotopic (exact) mass is 262 g/mol. The van der Waals surface area contributed by atoms with Crippen LogP contribution in [0.3, 0.4) is 0 Å². The molecule has 76 valence electrons. The second-order valence-corrected chi connectivity index (χ2v) is 4.65. The van der Waals surface area contributed by atoms with Gasteiger partial charge in [-0.2, -0.15) is 8.78 Å². The molecule has 0 spiro atoms. The fraction of sp³-hybridized carbons (Fsp3) is 0.400. The number of aliphatic hydroxyl groups is 1. The highest BCUT2D eigenvalue weighted by Gasteiger charge is 2.53. The first-order chi connectivity index (χ1) is 6.42. The molecule has 0 saturated carbocycles. The summed E-state index contributed by atoms with van der Waals surface area (Å²) in [7, 11) is 0. The summed E-state index contributed by atoms with van der Waals surface area (Å²) in [5.74, 6) is 0. The number of hydrogen-bond acceptors (Lipinski definition) is 1. The third-order valence-electron chi connectivity index (χ3n) is 2.61. The fourth-order valence-electron chi connectivity index (χ4n) is 1.80. The van der Waals surface area contributed by atoms with Gasteiger partial charge in [0.15, 0.2) is 0 Å². The molecule has 14 heavy (non-hydrogen) atoms. The second kappa shape index (κ2) is 3.00. The Bertz CT molecular complexity index is 334. The van der Waals surface area contributed by atoms with Gasteiger partial charge in [0.1, 0.15) is 5.60 Å². The lowest BCUT2D eigenvalue weighted by Gasteiger charge is -2.27. The van der Waals surface area contributed by atoms with Crippen molar-refractivity contribution >= 4 is 15.9 Å². The van der Waals surface area contributed by atoms with Crippen molar-refractivity contribution < 1.29 is 13.9 Å². The van der Waals surface area contributed by atoms with Gasteiger partial charge in [0, 0.05) is 12.8 Å². The van der Waals surface area contributed by atoms with Crippen LogP contribution in [0.15, 0.2) is 24.3 Å². The first-order valence-electron chi connectivity index (χ1n) is 4.28. The zero-order chi connectivity index (χ0) is 10.4. The lowest BCUT2D eigenvalue weighted by atomic mass is 10.0. The van der Waals surface area contributed by atoms with Gasteiger partial charge in [-0.05, 0) is 27.1 Å². The van der Waals surface area contributed by atoms with E-state index in [4.69, 9.17) is 0 Å². The van der Waals surface area contributed by atoms with Crippen LogP contribution in [-0.2, 0) is 12.8 Å². The van der Waals surface area contributed by atoms with Crippen LogP contribution in [0.4, 0.5) is 8.78 Å². The summed E-state index contributed by atoms with van der Waals surface area (Å²) in [5, 5.41) is 9.75. The van der Waals surface area contributed by atoms with Gasteiger partial charge in [-0.1, -0.05) is 24.3 Å². The molecule has 4 heteroatoms. The standard InChI is InChI=1S/C10H9BrF2O/c11-10(12,13)9(14)5-7-3-1-2-4-8(7)6-9/h1-4,14H,5-6H2.